The molecule has 0 spiro atoms. The zero-order valence-electron chi connectivity index (χ0n) is 10.8. The molecule has 0 aliphatic rings. The van der Waals surface area contributed by atoms with E-state index in [1.807, 2.05) is 0 Å². The smallest absolute Gasteiger partial charge is 0.176 e. The molecule has 100 valence electrons. The van der Waals surface area contributed by atoms with Crippen LogP contribution in [0.5, 0.6) is 0 Å². The zero-order valence-corrected chi connectivity index (χ0v) is 11.6. The summed E-state index contributed by atoms with van der Waals surface area (Å²) in [5, 5.41) is 3.75. The molecule has 1 aromatic heterocycles. The van der Waals surface area contributed by atoms with E-state index in [0.717, 1.165) is 6.26 Å². The minimum absolute atomic E-state index is 0.131. The SMILES string of the molecule is Cc1cc(-c2c(S(C)(=O)=O)ccc(C=O)c2C)on1. The topological polar surface area (TPSA) is 77.2 Å². The predicted octanol–water partition coefficient (Wildman–Crippen LogP) is 2.17. The second-order valence-electron chi connectivity index (χ2n) is 4.38. The number of hydrogen-bond acceptors (Lipinski definition) is 5. The third-order valence-electron chi connectivity index (χ3n) is 2.87. The second-order valence-corrected chi connectivity index (χ2v) is 6.36. The minimum atomic E-state index is -3.42. The van der Waals surface area contributed by atoms with Crippen LogP contribution in [0.4, 0.5) is 0 Å². The molecular formula is C13H13NO4S. The number of hydrogen-bond donors (Lipinski definition) is 0. The van der Waals surface area contributed by atoms with Gasteiger partial charge in [-0.1, -0.05) is 11.2 Å². The first-order valence-electron chi connectivity index (χ1n) is 5.57. The van der Waals surface area contributed by atoms with Gasteiger partial charge in [-0.25, -0.2) is 8.42 Å². The molecule has 0 radical (unpaired) electrons. The highest BCUT2D eigenvalue weighted by molar-refractivity contribution is 7.90. The Morgan fingerprint density at radius 2 is 1.95 bits per heavy atom. The zero-order chi connectivity index (χ0) is 14.2. The molecule has 0 saturated heterocycles. The minimum Gasteiger partial charge on any atom is -0.356 e. The van der Waals surface area contributed by atoms with Crippen LogP contribution in [-0.4, -0.2) is 26.1 Å². The van der Waals surface area contributed by atoms with Gasteiger partial charge >= 0.3 is 0 Å². The van der Waals surface area contributed by atoms with Gasteiger partial charge in [0.15, 0.2) is 15.6 Å². The summed E-state index contributed by atoms with van der Waals surface area (Å²) >= 11 is 0. The van der Waals surface area contributed by atoms with Crippen molar-refractivity contribution >= 4 is 16.1 Å². The number of carbonyl (C=O) groups excluding carboxylic acids is 1. The molecule has 0 amide bonds. The fraction of sp³-hybridized carbons (Fsp3) is 0.231. The van der Waals surface area contributed by atoms with E-state index < -0.39 is 9.84 Å². The summed E-state index contributed by atoms with van der Waals surface area (Å²) in [6, 6.07) is 4.55. The number of benzene rings is 1. The van der Waals surface area contributed by atoms with Gasteiger partial charge < -0.3 is 4.52 Å². The maximum absolute atomic E-state index is 11.8. The van der Waals surface area contributed by atoms with E-state index in [0.29, 0.717) is 34.4 Å². The van der Waals surface area contributed by atoms with Crippen LogP contribution in [0.3, 0.4) is 0 Å². The summed E-state index contributed by atoms with van der Waals surface area (Å²) in [6.07, 6.45) is 1.81. The molecule has 0 atom stereocenters. The Labute approximate surface area is 111 Å². The van der Waals surface area contributed by atoms with Gasteiger partial charge in [0, 0.05) is 23.4 Å². The van der Waals surface area contributed by atoms with E-state index in [-0.39, 0.29) is 4.90 Å². The molecule has 2 aromatic rings. The Kier molecular flexibility index (Phi) is 3.28. The van der Waals surface area contributed by atoms with E-state index in [2.05, 4.69) is 5.16 Å². The highest BCUT2D eigenvalue weighted by Gasteiger charge is 2.21. The molecule has 0 N–H and O–H groups in total. The first-order valence-corrected chi connectivity index (χ1v) is 7.46. The Bertz CT molecular complexity index is 744. The van der Waals surface area contributed by atoms with Crippen molar-refractivity contribution in [1.29, 1.82) is 0 Å². The molecule has 0 aliphatic heterocycles. The normalized spacial score (nSPS) is 11.5. The van der Waals surface area contributed by atoms with Gasteiger partial charge in [0.1, 0.15) is 6.29 Å². The summed E-state index contributed by atoms with van der Waals surface area (Å²) in [7, 11) is -3.42. The Hall–Kier alpha value is -1.95. The van der Waals surface area contributed by atoms with Crippen LogP contribution in [0, 0.1) is 13.8 Å². The van der Waals surface area contributed by atoms with Crippen molar-refractivity contribution in [2.24, 2.45) is 0 Å². The van der Waals surface area contributed by atoms with Crippen LogP contribution in [0.15, 0.2) is 27.6 Å². The first-order chi connectivity index (χ1) is 8.84. The van der Waals surface area contributed by atoms with E-state index >= 15 is 0 Å². The third-order valence-corrected chi connectivity index (χ3v) is 4.01. The van der Waals surface area contributed by atoms with Gasteiger partial charge in [-0.3, -0.25) is 4.79 Å². The maximum atomic E-state index is 11.8. The molecule has 6 heteroatoms. The largest absolute Gasteiger partial charge is 0.356 e. The Morgan fingerprint density at radius 1 is 1.26 bits per heavy atom. The summed E-state index contributed by atoms with van der Waals surface area (Å²) in [6.45, 7) is 3.43. The molecule has 0 saturated carbocycles. The van der Waals surface area contributed by atoms with Gasteiger partial charge in [-0.05, 0) is 25.5 Å². The van der Waals surface area contributed by atoms with Gasteiger partial charge in [-0.2, -0.15) is 0 Å². The lowest BCUT2D eigenvalue weighted by Crippen LogP contribution is -2.03. The number of aryl methyl sites for hydroxylation is 1. The van der Waals surface area contributed by atoms with E-state index in [9.17, 15) is 13.2 Å². The lowest BCUT2D eigenvalue weighted by Gasteiger charge is -2.10. The number of aldehydes is 1. The quantitative estimate of drug-likeness (QED) is 0.805. The summed E-state index contributed by atoms with van der Waals surface area (Å²) < 4.78 is 28.8. The highest BCUT2D eigenvalue weighted by atomic mass is 32.2. The summed E-state index contributed by atoms with van der Waals surface area (Å²) in [5.74, 6) is 0.346. The predicted molar refractivity (Wildman–Crippen MR) is 69.9 cm³/mol. The number of rotatable bonds is 3. The van der Waals surface area contributed by atoms with Crippen molar-refractivity contribution in [3.63, 3.8) is 0 Å². The summed E-state index contributed by atoms with van der Waals surface area (Å²) in [4.78, 5) is 11.1. The molecular weight excluding hydrogens is 266 g/mol. The monoisotopic (exact) mass is 279 g/mol. The van der Waals surface area contributed by atoms with Crippen molar-refractivity contribution in [2.45, 2.75) is 18.7 Å². The van der Waals surface area contributed by atoms with Crippen LogP contribution >= 0.6 is 0 Å². The van der Waals surface area contributed by atoms with Crippen molar-refractivity contribution < 1.29 is 17.7 Å². The fourth-order valence-electron chi connectivity index (χ4n) is 1.93. The van der Waals surface area contributed by atoms with Crippen LogP contribution in [0.25, 0.3) is 11.3 Å². The third kappa shape index (κ3) is 2.44. The molecule has 0 bridgehead atoms. The molecule has 5 nitrogen and oxygen atoms in total. The average Bonchev–Trinajstić information content (AvgIpc) is 2.73. The van der Waals surface area contributed by atoms with Crippen LogP contribution in [0.2, 0.25) is 0 Å². The molecule has 1 aromatic carbocycles. The lowest BCUT2D eigenvalue weighted by molar-refractivity contribution is 0.112. The number of aromatic nitrogens is 1. The molecule has 19 heavy (non-hydrogen) atoms. The van der Waals surface area contributed by atoms with Crippen LogP contribution < -0.4 is 0 Å². The molecule has 0 fully saturated rings. The fourth-order valence-corrected chi connectivity index (χ4v) is 2.87. The molecule has 1 heterocycles. The van der Waals surface area contributed by atoms with E-state index in [1.54, 1.807) is 19.9 Å². The van der Waals surface area contributed by atoms with Crippen molar-refractivity contribution in [3.8, 4) is 11.3 Å². The van der Waals surface area contributed by atoms with Crippen LogP contribution in [0.1, 0.15) is 21.6 Å². The van der Waals surface area contributed by atoms with Gasteiger partial charge in [0.2, 0.25) is 0 Å². The maximum Gasteiger partial charge on any atom is 0.176 e. The Balaban J connectivity index is 2.85. The van der Waals surface area contributed by atoms with Gasteiger partial charge in [0.25, 0.3) is 0 Å². The molecule has 0 unspecified atom stereocenters. The van der Waals surface area contributed by atoms with Gasteiger partial charge in [-0.15, -0.1) is 0 Å². The lowest BCUT2D eigenvalue weighted by atomic mass is 10.0. The standard InChI is InChI=1S/C13H13NO4S/c1-8-6-11(18-14-8)13-9(2)10(7-15)4-5-12(13)19(3,16)17/h4-7H,1-3H3. The van der Waals surface area contributed by atoms with Crippen LogP contribution in [-0.2, 0) is 9.84 Å². The van der Waals surface area contributed by atoms with Crippen molar-refractivity contribution in [1.82, 2.24) is 5.16 Å². The van der Waals surface area contributed by atoms with E-state index in [1.165, 1.54) is 12.1 Å². The second kappa shape index (κ2) is 4.62. The van der Waals surface area contributed by atoms with E-state index in [4.69, 9.17) is 4.52 Å². The molecule has 2 rings (SSSR count). The average molecular weight is 279 g/mol. The van der Waals surface area contributed by atoms with Crippen molar-refractivity contribution in [2.75, 3.05) is 6.26 Å². The molecule has 0 aliphatic carbocycles. The highest BCUT2D eigenvalue weighted by Crippen LogP contribution is 2.32. The number of carbonyl (C=O) groups is 1. The van der Waals surface area contributed by atoms with Crippen molar-refractivity contribution in [3.05, 3.63) is 35.0 Å². The Morgan fingerprint density at radius 3 is 2.42 bits per heavy atom. The number of nitrogens with zero attached hydrogens (tertiary/aromatic N) is 1. The number of sulfone groups is 1. The summed E-state index contributed by atoms with van der Waals surface area (Å²) in [5.41, 5.74) is 2.03. The van der Waals surface area contributed by atoms with Gasteiger partial charge in [0.05, 0.1) is 10.6 Å². The first kappa shape index (κ1) is 13.5.